The molecule has 2 nitrogen and oxygen atoms in total. The van der Waals surface area contributed by atoms with Gasteiger partial charge in [0.05, 0.1) is 0 Å². The SMILES string of the molecule is Cc1cccc2c1C(Cc1ccncc1)(Cc1ccnc(F)c1)c1ccccc1-2. The second kappa shape index (κ2) is 6.93. The highest BCUT2D eigenvalue weighted by Gasteiger charge is 2.44. The second-order valence-corrected chi connectivity index (χ2v) is 7.82. The van der Waals surface area contributed by atoms with Crippen LogP contribution in [0.3, 0.4) is 0 Å². The zero-order valence-corrected chi connectivity index (χ0v) is 16.3. The fourth-order valence-corrected chi connectivity index (χ4v) is 4.98. The molecule has 2 aromatic heterocycles. The molecule has 29 heavy (non-hydrogen) atoms. The van der Waals surface area contributed by atoms with Gasteiger partial charge in [0.2, 0.25) is 5.95 Å². The maximum atomic E-state index is 13.9. The number of hydrogen-bond donors (Lipinski definition) is 0. The lowest BCUT2D eigenvalue weighted by atomic mass is 9.68. The zero-order valence-electron chi connectivity index (χ0n) is 16.3. The summed E-state index contributed by atoms with van der Waals surface area (Å²) in [6, 6.07) is 22.8. The van der Waals surface area contributed by atoms with Crippen molar-refractivity contribution in [3.8, 4) is 11.1 Å². The van der Waals surface area contributed by atoms with Crippen LogP contribution in [0.4, 0.5) is 4.39 Å². The number of aromatic nitrogens is 2. The monoisotopic (exact) mass is 380 g/mol. The molecule has 5 rings (SSSR count). The van der Waals surface area contributed by atoms with E-state index in [2.05, 4.69) is 71.5 Å². The average molecular weight is 380 g/mol. The minimum atomic E-state index is -0.433. The average Bonchev–Trinajstić information content (AvgIpc) is 3.00. The van der Waals surface area contributed by atoms with Gasteiger partial charge in [0.1, 0.15) is 0 Å². The largest absolute Gasteiger partial charge is 0.265 e. The molecule has 1 unspecified atom stereocenters. The lowest BCUT2D eigenvalue weighted by Gasteiger charge is -2.34. The fraction of sp³-hybridized carbons (Fsp3) is 0.154. The number of hydrogen-bond acceptors (Lipinski definition) is 2. The first kappa shape index (κ1) is 17.7. The Morgan fingerprint density at radius 2 is 1.52 bits per heavy atom. The predicted octanol–water partition coefficient (Wildman–Crippen LogP) is 5.68. The molecule has 0 amide bonds. The van der Waals surface area contributed by atoms with Gasteiger partial charge in [-0.2, -0.15) is 4.39 Å². The summed E-state index contributed by atoms with van der Waals surface area (Å²) in [6.07, 6.45) is 6.78. The van der Waals surface area contributed by atoms with Crippen LogP contribution in [0.15, 0.2) is 85.3 Å². The van der Waals surface area contributed by atoms with E-state index in [-0.39, 0.29) is 5.41 Å². The Balaban J connectivity index is 1.78. The molecule has 3 heteroatoms. The van der Waals surface area contributed by atoms with Gasteiger partial charge >= 0.3 is 0 Å². The van der Waals surface area contributed by atoms with Crippen molar-refractivity contribution in [2.45, 2.75) is 25.2 Å². The van der Waals surface area contributed by atoms with Crippen molar-refractivity contribution in [2.75, 3.05) is 0 Å². The van der Waals surface area contributed by atoms with Crippen LogP contribution in [0.25, 0.3) is 11.1 Å². The molecule has 142 valence electrons. The van der Waals surface area contributed by atoms with E-state index >= 15 is 0 Å². The highest BCUT2D eigenvalue weighted by molar-refractivity contribution is 5.82. The molecule has 0 fully saturated rings. The summed E-state index contributed by atoms with van der Waals surface area (Å²) in [5, 5.41) is 0. The van der Waals surface area contributed by atoms with Crippen LogP contribution < -0.4 is 0 Å². The third kappa shape index (κ3) is 2.94. The number of nitrogens with zero attached hydrogens (tertiary/aromatic N) is 2. The van der Waals surface area contributed by atoms with Crippen LogP contribution in [-0.4, -0.2) is 9.97 Å². The molecule has 2 heterocycles. The molecule has 0 saturated heterocycles. The highest BCUT2D eigenvalue weighted by atomic mass is 19.1. The number of pyridine rings is 2. The Hall–Kier alpha value is -3.33. The molecule has 0 N–H and O–H groups in total. The smallest absolute Gasteiger partial charge is 0.213 e. The van der Waals surface area contributed by atoms with Crippen molar-refractivity contribution in [3.05, 3.63) is 119 Å². The molecule has 0 spiro atoms. The Kier molecular flexibility index (Phi) is 4.24. The molecular formula is C26H21FN2. The summed E-state index contributed by atoms with van der Waals surface area (Å²) in [5.74, 6) is -0.433. The molecule has 0 bridgehead atoms. The Labute approximate surface area is 170 Å². The fourth-order valence-electron chi connectivity index (χ4n) is 4.98. The van der Waals surface area contributed by atoms with Gasteiger partial charge in [-0.1, -0.05) is 42.5 Å². The molecule has 1 aliphatic rings. The standard InChI is InChI=1S/C26H21FN2/c1-18-5-4-7-22-21-6-2-3-8-23(21)26(25(18)22,16-19-9-12-28-13-10-19)17-20-11-14-29-24(27)15-20/h2-15H,16-17H2,1H3. The van der Waals surface area contributed by atoms with E-state index in [0.29, 0.717) is 6.42 Å². The quantitative estimate of drug-likeness (QED) is 0.426. The van der Waals surface area contributed by atoms with Crippen LogP contribution in [0.5, 0.6) is 0 Å². The topological polar surface area (TPSA) is 25.8 Å². The van der Waals surface area contributed by atoms with Gasteiger partial charge in [-0.3, -0.25) is 4.98 Å². The normalized spacial score (nSPS) is 17.0. The Morgan fingerprint density at radius 3 is 2.34 bits per heavy atom. The summed E-state index contributed by atoms with van der Waals surface area (Å²) < 4.78 is 13.9. The van der Waals surface area contributed by atoms with E-state index in [1.165, 1.54) is 33.4 Å². The van der Waals surface area contributed by atoms with Crippen LogP contribution >= 0.6 is 0 Å². The van der Waals surface area contributed by atoms with Crippen LogP contribution in [0, 0.1) is 12.9 Å². The van der Waals surface area contributed by atoms with Crippen LogP contribution in [-0.2, 0) is 18.3 Å². The maximum Gasteiger partial charge on any atom is 0.213 e. The van der Waals surface area contributed by atoms with E-state index in [1.807, 2.05) is 18.5 Å². The van der Waals surface area contributed by atoms with E-state index < -0.39 is 5.95 Å². The third-order valence-electron chi connectivity index (χ3n) is 6.04. The highest BCUT2D eigenvalue weighted by Crippen LogP contribution is 2.53. The van der Waals surface area contributed by atoms with Crippen molar-refractivity contribution in [3.63, 3.8) is 0 Å². The lowest BCUT2D eigenvalue weighted by molar-refractivity contribution is 0.511. The van der Waals surface area contributed by atoms with Crippen molar-refractivity contribution < 1.29 is 4.39 Å². The van der Waals surface area contributed by atoms with E-state index in [4.69, 9.17) is 0 Å². The van der Waals surface area contributed by atoms with Crippen molar-refractivity contribution >= 4 is 0 Å². The molecule has 0 aliphatic heterocycles. The second-order valence-electron chi connectivity index (χ2n) is 7.82. The van der Waals surface area contributed by atoms with Gasteiger partial charge in [0, 0.05) is 24.0 Å². The summed E-state index contributed by atoms with van der Waals surface area (Å²) in [7, 11) is 0. The molecule has 2 aromatic carbocycles. The molecule has 0 radical (unpaired) electrons. The minimum Gasteiger partial charge on any atom is -0.265 e. The van der Waals surface area contributed by atoms with Crippen molar-refractivity contribution in [1.82, 2.24) is 9.97 Å². The van der Waals surface area contributed by atoms with E-state index in [9.17, 15) is 4.39 Å². The third-order valence-corrected chi connectivity index (χ3v) is 6.04. The van der Waals surface area contributed by atoms with Gasteiger partial charge < -0.3 is 0 Å². The molecule has 1 aliphatic carbocycles. The van der Waals surface area contributed by atoms with Gasteiger partial charge in [0.15, 0.2) is 0 Å². The molecular weight excluding hydrogens is 359 g/mol. The lowest BCUT2D eigenvalue weighted by Crippen LogP contribution is -2.32. The molecule has 1 atom stereocenters. The maximum absolute atomic E-state index is 13.9. The van der Waals surface area contributed by atoms with Crippen molar-refractivity contribution in [2.24, 2.45) is 0 Å². The van der Waals surface area contributed by atoms with E-state index in [0.717, 1.165) is 12.0 Å². The summed E-state index contributed by atoms with van der Waals surface area (Å²) in [6.45, 7) is 2.18. The first-order valence-corrected chi connectivity index (χ1v) is 9.87. The molecule has 0 saturated carbocycles. The van der Waals surface area contributed by atoms with Gasteiger partial charge in [-0.25, -0.2) is 4.98 Å². The summed E-state index contributed by atoms with van der Waals surface area (Å²) in [5.41, 5.74) is 8.37. The van der Waals surface area contributed by atoms with Crippen LogP contribution in [0.1, 0.15) is 27.8 Å². The van der Waals surface area contributed by atoms with Crippen molar-refractivity contribution in [1.29, 1.82) is 0 Å². The van der Waals surface area contributed by atoms with Gasteiger partial charge in [0.25, 0.3) is 0 Å². The first-order chi connectivity index (χ1) is 14.2. The first-order valence-electron chi connectivity index (χ1n) is 9.87. The zero-order chi connectivity index (χ0) is 19.8. The Morgan fingerprint density at radius 1 is 0.793 bits per heavy atom. The number of benzene rings is 2. The predicted molar refractivity (Wildman–Crippen MR) is 113 cm³/mol. The van der Waals surface area contributed by atoms with E-state index in [1.54, 1.807) is 12.3 Å². The number of aryl methyl sites for hydroxylation is 1. The number of halogens is 1. The summed E-state index contributed by atoms with van der Waals surface area (Å²) >= 11 is 0. The molecule has 4 aromatic rings. The van der Waals surface area contributed by atoms with Gasteiger partial charge in [-0.05, 0) is 83.0 Å². The minimum absolute atomic E-state index is 0.271. The summed E-state index contributed by atoms with van der Waals surface area (Å²) in [4.78, 5) is 7.94. The van der Waals surface area contributed by atoms with Gasteiger partial charge in [-0.15, -0.1) is 0 Å². The Bertz CT molecular complexity index is 1190. The number of fused-ring (bicyclic) bond motifs is 3. The van der Waals surface area contributed by atoms with Crippen LogP contribution in [0.2, 0.25) is 0 Å². The number of rotatable bonds is 4.